The van der Waals surface area contributed by atoms with Crippen LogP contribution in [0.5, 0.6) is 0 Å². The number of hydrogen-bond donors (Lipinski definition) is 1. The van der Waals surface area contributed by atoms with Crippen LogP contribution in [-0.4, -0.2) is 56.0 Å². The minimum absolute atomic E-state index is 0.0186. The summed E-state index contributed by atoms with van der Waals surface area (Å²) in [6, 6.07) is 6.44. The van der Waals surface area contributed by atoms with Gasteiger partial charge < -0.3 is 14.8 Å². The minimum Gasteiger partial charge on any atom is -0.444 e. The highest BCUT2D eigenvalue weighted by Gasteiger charge is 2.35. The molecule has 1 saturated heterocycles. The molecule has 6 heteroatoms. The van der Waals surface area contributed by atoms with Gasteiger partial charge in [-0.3, -0.25) is 4.90 Å². The van der Waals surface area contributed by atoms with Gasteiger partial charge in [0.1, 0.15) is 11.4 Å². The van der Waals surface area contributed by atoms with Gasteiger partial charge in [0.05, 0.1) is 12.6 Å². The van der Waals surface area contributed by atoms with Gasteiger partial charge in [-0.15, -0.1) is 0 Å². The van der Waals surface area contributed by atoms with Gasteiger partial charge in [0.2, 0.25) is 0 Å². The second-order valence-electron chi connectivity index (χ2n) is 7.17. The first-order chi connectivity index (χ1) is 11.3. The SMILES string of the molecule is COCCN1CC(NC(=O)OC(C)(C)C)C(c2cccc(F)c2)C1. The van der Waals surface area contributed by atoms with Crippen molar-refractivity contribution in [3.8, 4) is 0 Å². The molecule has 0 aromatic heterocycles. The molecule has 0 spiro atoms. The smallest absolute Gasteiger partial charge is 0.407 e. The molecule has 1 N–H and O–H groups in total. The molecular formula is C18H27FN2O3. The van der Waals surface area contributed by atoms with Crippen LogP contribution in [0.4, 0.5) is 9.18 Å². The average Bonchev–Trinajstić information content (AvgIpc) is 2.85. The summed E-state index contributed by atoms with van der Waals surface area (Å²) in [6.07, 6.45) is -0.442. The number of alkyl carbamates (subject to hydrolysis) is 1. The Labute approximate surface area is 143 Å². The van der Waals surface area contributed by atoms with Crippen LogP contribution in [0.2, 0.25) is 0 Å². The summed E-state index contributed by atoms with van der Waals surface area (Å²) in [7, 11) is 1.66. The lowest BCUT2D eigenvalue weighted by Crippen LogP contribution is -2.42. The molecule has 1 aromatic rings. The number of carbonyl (C=O) groups excluding carboxylic acids is 1. The van der Waals surface area contributed by atoms with E-state index in [0.29, 0.717) is 13.2 Å². The number of rotatable bonds is 5. The second-order valence-corrected chi connectivity index (χ2v) is 7.17. The Morgan fingerprint density at radius 1 is 1.38 bits per heavy atom. The summed E-state index contributed by atoms with van der Waals surface area (Å²) >= 11 is 0. The predicted octanol–water partition coefficient (Wildman–Crippen LogP) is 2.76. The average molecular weight is 338 g/mol. The third kappa shape index (κ3) is 5.46. The van der Waals surface area contributed by atoms with Gasteiger partial charge in [-0.05, 0) is 38.5 Å². The molecule has 5 nitrogen and oxygen atoms in total. The van der Waals surface area contributed by atoms with Gasteiger partial charge in [0.15, 0.2) is 0 Å². The fourth-order valence-corrected chi connectivity index (χ4v) is 2.97. The quantitative estimate of drug-likeness (QED) is 0.897. The molecule has 0 bridgehead atoms. The Balaban J connectivity index is 2.10. The van der Waals surface area contributed by atoms with Crippen LogP contribution >= 0.6 is 0 Å². The monoisotopic (exact) mass is 338 g/mol. The third-order valence-electron chi connectivity index (χ3n) is 3.99. The Bertz CT molecular complexity index is 559. The summed E-state index contributed by atoms with van der Waals surface area (Å²) in [5.74, 6) is -0.246. The number of halogens is 1. The molecular weight excluding hydrogens is 311 g/mol. The Morgan fingerprint density at radius 3 is 2.75 bits per heavy atom. The summed E-state index contributed by atoms with van der Waals surface area (Å²) in [5.41, 5.74) is 0.336. The van der Waals surface area contributed by atoms with Crippen LogP contribution in [0.15, 0.2) is 24.3 Å². The highest BCUT2D eigenvalue weighted by atomic mass is 19.1. The van der Waals surface area contributed by atoms with Crippen LogP contribution in [0.25, 0.3) is 0 Å². The van der Waals surface area contributed by atoms with E-state index >= 15 is 0 Å². The van der Waals surface area contributed by atoms with E-state index in [1.165, 1.54) is 12.1 Å². The molecule has 1 aliphatic heterocycles. The van der Waals surface area contributed by atoms with Gasteiger partial charge in [-0.25, -0.2) is 9.18 Å². The molecule has 134 valence electrons. The Kier molecular flexibility index (Phi) is 6.18. The molecule has 2 unspecified atom stereocenters. The summed E-state index contributed by atoms with van der Waals surface area (Å²) in [4.78, 5) is 14.3. The van der Waals surface area contributed by atoms with E-state index in [2.05, 4.69) is 10.2 Å². The molecule has 1 fully saturated rings. The lowest BCUT2D eigenvalue weighted by Gasteiger charge is -2.24. The molecule has 24 heavy (non-hydrogen) atoms. The summed E-state index contributed by atoms with van der Waals surface area (Å²) in [5, 5.41) is 2.94. The number of likely N-dealkylation sites (tertiary alicyclic amines) is 1. The molecule has 1 aliphatic rings. The van der Waals surface area contributed by atoms with Gasteiger partial charge in [-0.2, -0.15) is 0 Å². The zero-order valence-corrected chi connectivity index (χ0v) is 14.8. The number of nitrogens with zero attached hydrogens (tertiary/aromatic N) is 1. The van der Waals surface area contributed by atoms with Crippen LogP contribution in [0.3, 0.4) is 0 Å². The lowest BCUT2D eigenvalue weighted by atomic mass is 9.94. The van der Waals surface area contributed by atoms with E-state index in [1.54, 1.807) is 13.2 Å². The summed E-state index contributed by atoms with van der Waals surface area (Å²) in [6.45, 7) is 8.31. The van der Waals surface area contributed by atoms with E-state index in [1.807, 2.05) is 26.8 Å². The molecule has 1 heterocycles. The van der Waals surface area contributed by atoms with E-state index in [4.69, 9.17) is 9.47 Å². The van der Waals surface area contributed by atoms with Gasteiger partial charge >= 0.3 is 6.09 Å². The molecule has 0 aliphatic carbocycles. The maximum Gasteiger partial charge on any atom is 0.407 e. The van der Waals surface area contributed by atoms with Crippen molar-refractivity contribution in [3.05, 3.63) is 35.6 Å². The van der Waals surface area contributed by atoms with Crippen LogP contribution in [-0.2, 0) is 9.47 Å². The number of amides is 1. The number of ether oxygens (including phenoxy) is 2. The predicted molar refractivity (Wildman–Crippen MR) is 90.6 cm³/mol. The first-order valence-electron chi connectivity index (χ1n) is 8.25. The number of hydrogen-bond acceptors (Lipinski definition) is 4. The van der Waals surface area contributed by atoms with Crippen molar-refractivity contribution in [1.82, 2.24) is 10.2 Å². The highest BCUT2D eigenvalue weighted by molar-refractivity contribution is 5.68. The third-order valence-corrected chi connectivity index (χ3v) is 3.99. The van der Waals surface area contributed by atoms with Gasteiger partial charge in [0, 0.05) is 32.7 Å². The van der Waals surface area contributed by atoms with Crippen molar-refractivity contribution in [3.63, 3.8) is 0 Å². The minimum atomic E-state index is -0.549. The molecule has 1 aromatic carbocycles. The van der Waals surface area contributed by atoms with Crippen molar-refractivity contribution in [2.45, 2.75) is 38.3 Å². The fourth-order valence-electron chi connectivity index (χ4n) is 2.97. The Morgan fingerprint density at radius 2 is 2.12 bits per heavy atom. The fraction of sp³-hybridized carbons (Fsp3) is 0.611. The number of carbonyl (C=O) groups is 1. The van der Waals surface area contributed by atoms with Crippen molar-refractivity contribution < 1.29 is 18.7 Å². The zero-order chi connectivity index (χ0) is 17.7. The van der Waals surface area contributed by atoms with E-state index in [9.17, 15) is 9.18 Å². The maximum absolute atomic E-state index is 13.6. The van der Waals surface area contributed by atoms with E-state index < -0.39 is 11.7 Å². The van der Waals surface area contributed by atoms with Gasteiger partial charge in [-0.1, -0.05) is 12.1 Å². The van der Waals surface area contributed by atoms with Crippen molar-refractivity contribution in [2.75, 3.05) is 33.4 Å². The van der Waals surface area contributed by atoms with Crippen LogP contribution in [0, 0.1) is 5.82 Å². The van der Waals surface area contributed by atoms with Crippen LogP contribution < -0.4 is 5.32 Å². The van der Waals surface area contributed by atoms with Gasteiger partial charge in [0.25, 0.3) is 0 Å². The summed E-state index contributed by atoms with van der Waals surface area (Å²) < 4.78 is 24.1. The van der Waals surface area contributed by atoms with E-state index in [-0.39, 0.29) is 17.8 Å². The van der Waals surface area contributed by atoms with Crippen LogP contribution in [0.1, 0.15) is 32.3 Å². The molecule has 0 radical (unpaired) electrons. The standard InChI is InChI=1S/C18H27FN2O3/c1-18(2,3)24-17(22)20-16-12-21(8-9-23-4)11-15(16)13-6-5-7-14(19)10-13/h5-7,10,15-16H,8-9,11-12H2,1-4H3,(H,20,22). The van der Waals surface area contributed by atoms with Crippen molar-refractivity contribution >= 4 is 6.09 Å². The molecule has 2 atom stereocenters. The normalized spacial score (nSPS) is 21.7. The first-order valence-corrected chi connectivity index (χ1v) is 8.25. The molecule has 2 rings (SSSR count). The number of nitrogens with one attached hydrogen (secondary N) is 1. The van der Waals surface area contributed by atoms with Crippen molar-refractivity contribution in [2.24, 2.45) is 0 Å². The topological polar surface area (TPSA) is 50.8 Å². The Hall–Kier alpha value is -1.66. The van der Waals surface area contributed by atoms with E-state index in [0.717, 1.165) is 18.7 Å². The zero-order valence-electron chi connectivity index (χ0n) is 14.8. The second kappa shape index (κ2) is 7.94. The number of benzene rings is 1. The molecule has 1 amide bonds. The maximum atomic E-state index is 13.6. The largest absolute Gasteiger partial charge is 0.444 e. The number of methoxy groups -OCH3 is 1. The molecule has 0 saturated carbocycles. The van der Waals surface area contributed by atoms with Crippen molar-refractivity contribution in [1.29, 1.82) is 0 Å². The first kappa shape index (κ1) is 18.7. The lowest BCUT2D eigenvalue weighted by molar-refractivity contribution is 0.0501. The highest BCUT2D eigenvalue weighted by Crippen LogP contribution is 2.28.